The van der Waals surface area contributed by atoms with E-state index in [1.54, 1.807) is 11.9 Å². The summed E-state index contributed by atoms with van der Waals surface area (Å²) < 4.78 is 1.04. The van der Waals surface area contributed by atoms with Gasteiger partial charge in [-0.2, -0.15) is 0 Å². The Labute approximate surface area is 121 Å². The van der Waals surface area contributed by atoms with Gasteiger partial charge in [0.25, 0.3) is 0 Å². The molecule has 0 aromatic heterocycles. The van der Waals surface area contributed by atoms with Crippen molar-refractivity contribution in [1.82, 2.24) is 4.90 Å². The molecule has 1 N–H and O–H groups in total. The van der Waals surface area contributed by atoms with Gasteiger partial charge in [-0.1, -0.05) is 28.1 Å². The first-order valence-corrected chi connectivity index (χ1v) is 6.98. The number of carboxylic acid groups (broad SMARTS) is 1. The zero-order valence-corrected chi connectivity index (χ0v) is 12.5. The van der Waals surface area contributed by atoms with Gasteiger partial charge >= 0.3 is 5.97 Å². The molecule has 0 saturated carbocycles. The molecule has 0 aliphatic carbocycles. The molecule has 0 heterocycles. The van der Waals surface area contributed by atoms with E-state index in [0.29, 0.717) is 19.4 Å². The number of nitrogens with zero attached hydrogens (tertiary/aromatic N) is 1. The summed E-state index contributed by atoms with van der Waals surface area (Å²) in [5, 5.41) is 8.51. The van der Waals surface area contributed by atoms with Crippen molar-refractivity contribution in [3.05, 3.63) is 34.3 Å². The Morgan fingerprint density at radius 2 is 1.84 bits per heavy atom. The zero-order chi connectivity index (χ0) is 14.3. The van der Waals surface area contributed by atoms with Gasteiger partial charge in [0.05, 0.1) is 0 Å². The van der Waals surface area contributed by atoms with Crippen LogP contribution in [0.5, 0.6) is 0 Å². The molecule has 0 bridgehead atoms. The van der Waals surface area contributed by atoms with E-state index in [0.717, 1.165) is 10.9 Å². The van der Waals surface area contributed by atoms with Crippen LogP contribution in [-0.4, -0.2) is 35.5 Å². The number of carbonyl (C=O) groups excluding carboxylic acids is 1. The summed E-state index contributed by atoms with van der Waals surface area (Å²) in [5.74, 6) is -0.858. The summed E-state index contributed by atoms with van der Waals surface area (Å²) in [7, 11) is 1.75. The van der Waals surface area contributed by atoms with E-state index >= 15 is 0 Å². The standard InChI is InChI=1S/C14H18BrNO3/c1-16(13(17)3-2-4-14(18)19)10-9-11-5-7-12(15)8-6-11/h5-8H,2-4,9-10H2,1H3,(H,18,19). The summed E-state index contributed by atoms with van der Waals surface area (Å²) in [6, 6.07) is 7.99. The highest BCUT2D eigenvalue weighted by atomic mass is 79.9. The molecule has 0 atom stereocenters. The molecule has 1 aromatic carbocycles. The van der Waals surface area contributed by atoms with Crippen molar-refractivity contribution in [1.29, 1.82) is 0 Å². The number of hydrogen-bond donors (Lipinski definition) is 1. The fourth-order valence-corrected chi connectivity index (χ4v) is 1.92. The number of aliphatic carboxylic acids is 1. The number of benzene rings is 1. The van der Waals surface area contributed by atoms with Crippen molar-refractivity contribution >= 4 is 27.8 Å². The van der Waals surface area contributed by atoms with E-state index in [-0.39, 0.29) is 12.3 Å². The SMILES string of the molecule is CN(CCc1ccc(Br)cc1)C(=O)CCCC(=O)O. The van der Waals surface area contributed by atoms with Crippen molar-refractivity contribution in [2.24, 2.45) is 0 Å². The Hall–Kier alpha value is -1.36. The Kier molecular flexibility index (Phi) is 6.56. The maximum atomic E-state index is 11.7. The fourth-order valence-electron chi connectivity index (χ4n) is 1.65. The topological polar surface area (TPSA) is 57.6 Å². The Morgan fingerprint density at radius 3 is 2.42 bits per heavy atom. The van der Waals surface area contributed by atoms with Crippen LogP contribution in [0.2, 0.25) is 0 Å². The maximum Gasteiger partial charge on any atom is 0.303 e. The van der Waals surface area contributed by atoms with Crippen molar-refractivity contribution in [3.8, 4) is 0 Å². The minimum atomic E-state index is -0.856. The number of carbonyl (C=O) groups is 2. The van der Waals surface area contributed by atoms with Crippen molar-refractivity contribution in [2.75, 3.05) is 13.6 Å². The third kappa shape index (κ3) is 6.38. The monoisotopic (exact) mass is 327 g/mol. The molecular formula is C14H18BrNO3. The second-order valence-corrected chi connectivity index (χ2v) is 5.35. The summed E-state index contributed by atoms with van der Waals surface area (Å²) in [6.07, 6.45) is 1.54. The largest absolute Gasteiger partial charge is 0.481 e. The predicted octanol–water partition coefficient (Wildman–Crippen LogP) is 2.70. The van der Waals surface area contributed by atoms with Crippen LogP contribution in [0.3, 0.4) is 0 Å². The molecule has 0 aliphatic rings. The minimum absolute atomic E-state index is 0.00152. The molecule has 1 aromatic rings. The molecule has 0 aliphatic heterocycles. The van der Waals surface area contributed by atoms with Gasteiger partial charge in [-0.3, -0.25) is 9.59 Å². The molecule has 104 valence electrons. The van der Waals surface area contributed by atoms with Gasteiger partial charge in [0.2, 0.25) is 5.91 Å². The van der Waals surface area contributed by atoms with Crippen LogP contribution < -0.4 is 0 Å². The first-order valence-electron chi connectivity index (χ1n) is 6.19. The number of amides is 1. The average Bonchev–Trinajstić information content (AvgIpc) is 2.37. The number of rotatable bonds is 7. The first-order chi connectivity index (χ1) is 8.99. The molecular weight excluding hydrogens is 310 g/mol. The zero-order valence-electron chi connectivity index (χ0n) is 10.9. The van der Waals surface area contributed by atoms with Crippen LogP contribution in [-0.2, 0) is 16.0 Å². The van der Waals surface area contributed by atoms with Gasteiger partial charge in [0, 0.05) is 30.9 Å². The fraction of sp³-hybridized carbons (Fsp3) is 0.429. The van der Waals surface area contributed by atoms with E-state index in [4.69, 9.17) is 5.11 Å². The van der Waals surface area contributed by atoms with Crippen LogP contribution in [0.25, 0.3) is 0 Å². The van der Waals surface area contributed by atoms with E-state index < -0.39 is 5.97 Å². The smallest absolute Gasteiger partial charge is 0.303 e. The van der Waals surface area contributed by atoms with Gasteiger partial charge in [0.15, 0.2) is 0 Å². The molecule has 0 fully saturated rings. The molecule has 4 nitrogen and oxygen atoms in total. The lowest BCUT2D eigenvalue weighted by molar-refractivity contribution is -0.137. The third-order valence-corrected chi connectivity index (χ3v) is 3.38. The molecule has 0 spiro atoms. The number of carboxylic acids is 1. The second-order valence-electron chi connectivity index (χ2n) is 4.44. The highest BCUT2D eigenvalue weighted by Crippen LogP contribution is 2.11. The van der Waals surface area contributed by atoms with Gasteiger partial charge in [-0.25, -0.2) is 0 Å². The first kappa shape index (κ1) is 15.7. The number of hydrogen-bond acceptors (Lipinski definition) is 2. The van der Waals surface area contributed by atoms with Crippen LogP contribution in [0.15, 0.2) is 28.7 Å². The molecule has 0 unspecified atom stereocenters. The second kappa shape index (κ2) is 7.94. The quantitative estimate of drug-likeness (QED) is 0.837. The highest BCUT2D eigenvalue weighted by Gasteiger charge is 2.09. The molecule has 1 rings (SSSR count). The summed E-state index contributed by atoms with van der Waals surface area (Å²) in [5.41, 5.74) is 1.17. The van der Waals surface area contributed by atoms with Crippen molar-refractivity contribution in [3.63, 3.8) is 0 Å². The average molecular weight is 328 g/mol. The number of halogens is 1. The van der Waals surface area contributed by atoms with Gasteiger partial charge in [-0.15, -0.1) is 0 Å². The van der Waals surface area contributed by atoms with E-state index in [1.807, 2.05) is 24.3 Å². The molecule has 19 heavy (non-hydrogen) atoms. The van der Waals surface area contributed by atoms with E-state index in [2.05, 4.69) is 15.9 Å². The maximum absolute atomic E-state index is 11.7. The van der Waals surface area contributed by atoms with E-state index in [9.17, 15) is 9.59 Å². The third-order valence-electron chi connectivity index (χ3n) is 2.86. The van der Waals surface area contributed by atoms with Crippen molar-refractivity contribution < 1.29 is 14.7 Å². The van der Waals surface area contributed by atoms with E-state index in [1.165, 1.54) is 5.56 Å². The summed E-state index contributed by atoms with van der Waals surface area (Å²) in [4.78, 5) is 23.7. The van der Waals surface area contributed by atoms with Crippen LogP contribution in [0.1, 0.15) is 24.8 Å². The summed E-state index contributed by atoms with van der Waals surface area (Å²) >= 11 is 3.38. The predicted molar refractivity (Wildman–Crippen MR) is 77.0 cm³/mol. The lowest BCUT2D eigenvalue weighted by Crippen LogP contribution is -2.28. The van der Waals surface area contributed by atoms with Crippen LogP contribution >= 0.6 is 15.9 Å². The lowest BCUT2D eigenvalue weighted by Gasteiger charge is -2.17. The minimum Gasteiger partial charge on any atom is -0.481 e. The Morgan fingerprint density at radius 1 is 1.21 bits per heavy atom. The molecule has 5 heteroatoms. The lowest BCUT2D eigenvalue weighted by atomic mass is 10.1. The van der Waals surface area contributed by atoms with Crippen LogP contribution in [0.4, 0.5) is 0 Å². The number of likely N-dealkylation sites (N-methyl/N-ethyl adjacent to an activating group) is 1. The molecule has 1 amide bonds. The summed E-state index contributed by atoms with van der Waals surface area (Å²) in [6.45, 7) is 0.646. The molecule has 0 saturated heterocycles. The van der Waals surface area contributed by atoms with Crippen LogP contribution in [0, 0.1) is 0 Å². The van der Waals surface area contributed by atoms with Crippen molar-refractivity contribution in [2.45, 2.75) is 25.7 Å². The highest BCUT2D eigenvalue weighted by molar-refractivity contribution is 9.10. The molecule has 0 radical (unpaired) electrons. The Bertz CT molecular complexity index is 431. The van der Waals surface area contributed by atoms with Gasteiger partial charge in [-0.05, 0) is 30.5 Å². The van der Waals surface area contributed by atoms with Gasteiger partial charge in [0.1, 0.15) is 0 Å². The normalized spacial score (nSPS) is 10.2. The van der Waals surface area contributed by atoms with Gasteiger partial charge < -0.3 is 10.0 Å². The Balaban J connectivity index is 2.30.